The molecule has 1 heterocycles. The first-order chi connectivity index (χ1) is 2.93. The van der Waals surface area contributed by atoms with Crippen molar-refractivity contribution >= 4 is 6.08 Å². The number of nitrogens with zero attached hydrogens (tertiary/aromatic N) is 1. The van der Waals surface area contributed by atoms with Gasteiger partial charge in [-0.05, 0) is 0 Å². The van der Waals surface area contributed by atoms with Crippen LogP contribution in [0.1, 0.15) is 0 Å². The SMILES string of the molecule is COC1=NCO1. The van der Waals surface area contributed by atoms with Gasteiger partial charge in [0.2, 0.25) is 0 Å². The second kappa shape index (κ2) is 1.16. The van der Waals surface area contributed by atoms with Crippen molar-refractivity contribution in [1.29, 1.82) is 0 Å². The summed E-state index contributed by atoms with van der Waals surface area (Å²) >= 11 is 0. The lowest BCUT2D eigenvalue weighted by Gasteiger charge is -2.10. The zero-order valence-electron chi connectivity index (χ0n) is 3.47. The van der Waals surface area contributed by atoms with Gasteiger partial charge in [0.1, 0.15) is 0 Å². The predicted molar refractivity (Wildman–Crippen MR) is 20.4 cm³/mol. The van der Waals surface area contributed by atoms with E-state index in [2.05, 4.69) is 14.5 Å². The van der Waals surface area contributed by atoms with Gasteiger partial charge in [0.15, 0.2) is 6.73 Å². The molecule has 34 valence electrons. The summed E-state index contributed by atoms with van der Waals surface area (Å²) in [6.07, 6.45) is 0.398. The minimum absolute atomic E-state index is 0.398. The third-order valence-electron chi connectivity index (χ3n) is 0.556. The van der Waals surface area contributed by atoms with Gasteiger partial charge >= 0.3 is 6.08 Å². The highest BCUT2D eigenvalue weighted by Gasteiger charge is 2.05. The molecule has 0 spiro atoms. The molecule has 0 radical (unpaired) electrons. The number of rotatable bonds is 0. The maximum atomic E-state index is 4.61. The molecule has 3 nitrogen and oxygen atoms in total. The van der Waals surface area contributed by atoms with Crippen molar-refractivity contribution in [3.8, 4) is 0 Å². The molecule has 0 N–H and O–H groups in total. The Morgan fingerprint density at radius 3 is 2.67 bits per heavy atom. The molecule has 0 fully saturated rings. The average molecular weight is 87.1 g/mol. The van der Waals surface area contributed by atoms with E-state index in [0.29, 0.717) is 12.8 Å². The molecule has 1 rings (SSSR count). The molecule has 6 heavy (non-hydrogen) atoms. The number of ether oxygens (including phenoxy) is 2. The molecule has 0 aromatic carbocycles. The van der Waals surface area contributed by atoms with Crippen LogP contribution in [0.2, 0.25) is 0 Å². The van der Waals surface area contributed by atoms with Crippen molar-refractivity contribution in [1.82, 2.24) is 0 Å². The Bertz CT molecular complexity index is 78.9. The monoisotopic (exact) mass is 87.0 g/mol. The first-order valence-electron chi connectivity index (χ1n) is 1.65. The lowest BCUT2D eigenvalue weighted by atomic mass is 11.0. The van der Waals surface area contributed by atoms with E-state index in [-0.39, 0.29) is 0 Å². The number of aliphatic imine (C=N–C) groups is 1. The fourth-order valence-corrected chi connectivity index (χ4v) is 0.241. The van der Waals surface area contributed by atoms with Gasteiger partial charge in [0, 0.05) is 0 Å². The van der Waals surface area contributed by atoms with Crippen LogP contribution in [0.5, 0.6) is 0 Å². The Morgan fingerprint density at radius 1 is 2.00 bits per heavy atom. The van der Waals surface area contributed by atoms with E-state index in [0.717, 1.165) is 0 Å². The molecule has 1 aliphatic heterocycles. The highest BCUT2D eigenvalue weighted by Crippen LogP contribution is 1.93. The van der Waals surface area contributed by atoms with Crippen LogP contribution in [-0.4, -0.2) is 19.9 Å². The van der Waals surface area contributed by atoms with Crippen LogP contribution in [-0.2, 0) is 9.47 Å². The minimum atomic E-state index is 0.398. The van der Waals surface area contributed by atoms with Gasteiger partial charge in [-0.3, -0.25) is 0 Å². The molecule has 0 saturated carbocycles. The summed E-state index contributed by atoms with van der Waals surface area (Å²) in [5.41, 5.74) is 0. The standard InChI is InChI=1S/C3H5NO2/c1-5-3-4-2-6-3/h2H2,1H3. The van der Waals surface area contributed by atoms with Crippen molar-refractivity contribution in [2.24, 2.45) is 4.99 Å². The van der Waals surface area contributed by atoms with Gasteiger partial charge < -0.3 is 9.47 Å². The molecule has 0 unspecified atom stereocenters. The van der Waals surface area contributed by atoms with Crippen LogP contribution < -0.4 is 0 Å². The van der Waals surface area contributed by atoms with E-state index in [1.165, 1.54) is 7.11 Å². The molecular formula is C3H5NO2. The van der Waals surface area contributed by atoms with Gasteiger partial charge in [-0.25, -0.2) is 0 Å². The summed E-state index contributed by atoms with van der Waals surface area (Å²) < 4.78 is 9.12. The van der Waals surface area contributed by atoms with Crippen LogP contribution >= 0.6 is 0 Å². The maximum absolute atomic E-state index is 4.61. The fraction of sp³-hybridized carbons (Fsp3) is 0.667. The molecule has 0 atom stereocenters. The minimum Gasteiger partial charge on any atom is -0.454 e. The summed E-state index contributed by atoms with van der Waals surface area (Å²) in [7, 11) is 1.53. The van der Waals surface area contributed by atoms with Gasteiger partial charge in [0.25, 0.3) is 0 Å². The van der Waals surface area contributed by atoms with Crippen molar-refractivity contribution < 1.29 is 9.47 Å². The predicted octanol–water partition coefficient (Wildman–Crippen LogP) is -0.0235. The van der Waals surface area contributed by atoms with Crippen molar-refractivity contribution in [3.05, 3.63) is 0 Å². The molecule has 1 aliphatic rings. The lowest BCUT2D eigenvalue weighted by molar-refractivity contribution is 0.152. The Labute approximate surface area is 35.6 Å². The smallest absolute Gasteiger partial charge is 0.388 e. The van der Waals surface area contributed by atoms with E-state index < -0.39 is 0 Å². The molecule has 0 aliphatic carbocycles. The molecule has 3 heteroatoms. The van der Waals surface area contributed by atoms with Gasteiger partial charge in [0.05, 0.1) is 7.11 Å². The summed E-state index contributed by atoms with van der Waals surface area (Å²) in [5, 5.41) is 0. The van der Waals surface area contributed by atoms with E-state index in [4.69, 9.17) is 0 Å². The highest BCUT2D eigenvalue weighted by molar-refractivity contribution is 5.69. The van der Waals surface area contributed by atoms with E-state index in [1.807, 2.05) is 0 Å². The van der Waals surface area contributed by atoms with Crippen LogP contribution in [0.25, 0.3) is 0 Å². The van der Waals surface area contributed by atoms with E-state index >= 15 is 0 Å². The van der Waals surface area contributed by atoms with Crippen LogP contribution in [0.4, 0.5) is 0 Å². The van der Waals surface area contributed by atoms with Crippen LogP contribution in [0, 0.1) is 0 Å². The van der Waals surface area contributed by atoms with E-state index in [1.54, 1.807) is 0 Å². The number of hydrogen-bond donors (Lipinski definition) is 0. The van der Waals surface area contributed by atoms with Crippen molar-refractivity contribution in [2.45, 2.75) is 0 Å². The van der Waals surface area contributed by atoms with Gasteiger partial charge in [-0.1, -0.05) is 0 Å². The number of hydrogen-bond acceptors (Lipinski definition) is 3. The summed E-state index contributed by atoms with van der Waals surface area (Å²) in [5.74, 6) is 0. The topological polar surface area (TPSA) is 30.8 Å². The number of methoxy groups -OCH3 is 1. The first kappa shape index (κ1) is 3.46. The zero-order valence-corrected chi connectivity index (χ0v) is 3.47. The first-order valence-corrected chi connectivity index (χ1v) is 1.65. The maximum Gasteiger partial charge on any atom is 0.388 e. The normalized spacial score (nSPS) is 17.2. The molecular weight excluding hydrogens is 82.0 g/mol. The summed E-state index contributed by atoms with van der Waals surface area (Å²) in [6.45, 7) is 0.461. The lowest BCUT2D eigenvalue weighted by Crippen LogP contribution is -2.17. The quantitative estimate of drug-likeness (QED) is 0.415. The van der Waals surface area contributed by atoms with Gasteiger partial charge in [-0.2, -0.15) is 4.99 Å². The Balaban J connectivity index is 2.32. The van der Waals surface area contributed by atoms with Gasteiger partial charge in [-0.15, -0.1) is 0 Å². The second-order valence-corrected chi connectivity index (χ2v) is 0.902. The Hall–Kier alpha value is -0.730. The van der Waals surface area contributed by atoms with Crippen LogP contribution in [0.3, 0.4) is 0 Å². The van der Waals surface area contributed by atoms with Crippen LogP contribution in [0.15, 0.2) is 4.99 Å². The third kappa shape index (κ3) is 0.319. The Kier molecular flexibility index (Phi) is 0.670. The fourth-order valence-electron chi connectivity index (χ4n) is 0.241. The summed E-state index contributed by atoms with van der Waals surface area (Å²) in [4.78, 5) is 3.66. The Morgan fingerprint density at radius 2 is 2.67 bits per heavy atom. The highest BCUT2D eigenvalue weighted by atomic mass is 16.7. The molecule has 0 amide bonds. The molecule has 0 aromatic heterocycles. The molecule has 0 bridgehead atoms. The molecule has 0 aromatic rings. The largest absolute Gasteiger partial charge is 0.454 e. The zero-order chi connectivity index (χ0) is 4.41. The molecule has 0 saturated heterocycles. The average Bonchev–Trinajstić information content (AvgIpc) is 1.31. The van der Waals surface area contributed by atoms with Crippen molar-refractivity contribution in [3.63, 3.8) is 0 Å². The third-order valence-corrected chi connectivity index (χ3v) is 0.556. The second-order valence-electron chi connectivity index (χ2n) is 0.902. The van der Waals surface area contributed by atoms with Crippen molar-refractivity contribution in [2.75, 3.05) is 13.8 Å². The summed E-state index contributed by atoms with van der Waals surface area (Å²) in [6, 6.07) is 0. The van der Waals surface area contributed by atoms with E-state index in [9.17, 15) is 0 Å².